The Morgan fingerprint density at radius 3 is 2.74 bits per heavy atom. The Labute approximate surface area is 115 Å². The molecule has 0 saturated heterocycles. The van der Waals surface area contributed by atoms with Crippen molar-refractivity contribution in [1.82, 2.24) is 0 Å². The molecule has 0 radical (unpaired) electrons. The van der Waals surface area contributed by atoms with Gasteiger partial charge in [-0.25, -0.2) is 0 Å². The van der Waals surface area contributed by atoms with Crippen LogP contribution in [-0.2, 0) is 6.42 Å². The summed E-state index contributed by atoms with van der Waals surface area (Å²) in [6, 6.07) is 8.49. The zero-order chi connectivity index (χ0) is 13.1. The Kier molecular flexibility index (Phi) is 3.67. The van der Waals surface area contributed by atoms with Crippen LogP contribution in [0.4, 0.5) is 0 Å². The van der Waals surface area contributed by atoms with Crippen molar-refractivity contribution in [1.29, 1.82) is 0 Å². The fraction of sp³-hybridized carbons (Fsp3) is 0.471. The molecule has 0 saturated carbocycles. The summed E-state index contributed by atoms with van der Waals surface area (Å²) in [4.78, 5) is 4.61. The highest BCUT2D eigenvalue weighted by molar-refractivity contribution is 5.62. The van der Waals surface area contributed by atoms with Crippen LogP contribution in [0, 0.1) is 5.92 Å². The quantitative estimate of drug-likeness (QED) is 0.795. The number of allylic oxidation sites excluding steroid dienone is 2. The summed E-state index contributed by atoms with van der Waals surface area (Å²) in [6.07, 6.45) is 9.45. The van der Waals surface area contributed by atoms with Gasteiger partial charge >= 0.3 is 0 Å². The second-order valence-electron chi connectivity index (χ2n) is 5.48. The third-order valence-corrected chi connectivity index (χ3v) is 4.25. The molecule has 0 aromatic heterocycles. The molecule has 0 fully saturated rings. The number of hydrogen-bond acceptors (Lipinski definition) is 2. The van der Waals surface area contributed by atoms with Gasteiger partial charge < -0.3 is 4.74 Å². The Hall–Kier alpha value is -1.57. The van der Waals surface area contributed by atoms with Crippen LogP contribution in [0.5, 0.6) is 5.75 Å². The maximum absolute atomic E-state index is 5.21. The van der Waals surface area contributed by atoms with E-state index in [0.29, 0.717) is 5.92 Å². The predicted molar refractivity (Wildman–Crippen MR) is 78.8 cm³/mol. The molecule has 1 aliphatic heterocycles. The standard InChI is InChI=1S/C17H21NO/c1-19-15-8-6-13(7-9-15)12-14-10-11-18-17-5-3-2-4-16(14)17/h6-9,11,14H,2-5,10,12H2,1H3. The SMILES string of the molecule is COc1ccc(CC2CC=NC3=C2CCCC3)cc1. The van der Waals surface area contributed by atoms with Gasteiger partial charge in [0.15, 0.2) is 0 Å². The van der Waals surface area contributed by atoms with Crippen LogP contribution >= 0.6 is 0 Å². The summed E-state index contributed by atoms with van der Waals surface area (Å²) in [5, 5.41) is 0. The topological polar surface area (TPSA) is 21.6 Å². The smallest absolute Gasteiger partial charge is 0.118 e. The molecule has 0 bridgehead atoms. The van der Waals surface area contributed by atoms with Gasteiger partial charge in [0, 0.05) is 11.9 Å². The summed E-state index contributed by atoms with van der Waals surface area (Å²) in [5.41, 5.74) is 4.42. The van der Waals surface area contributed by atoms with E-state index in [0.717, 1.165) is 18.6 Å². The van der Waals surface area contributed by atoms with Gasteiger partial charge in [0.05, 0.1) is 7.11 Å². The van der Waals surface area contributed by atoms with E-state index in [4.69, 9.17) is 4.74 Å². The minimum absolute atomic E-state index is 0.668. The van der Waals surface area contributed by atoms with Crippen molar-refractivity contribution in [2.45, 2.75) is 38.5 Å². The maximum Gasteiger partial charge on any atom is 0.118 e. The lowest BCUT2D eigenvalue weighted by Gasteiger charge is -2.28. The molecule has 0 spiro atoms. The maximum atomic E-state index is 5.21. The van der Waals surface area contributed by atoms with Crippen LogP contribution in [0.25, 0.3) is 0 Å². The number of nitrogens with zero attached hydrogens (tertiary/aromatic N) is 1. The second-order valence-corrected chi connectivity index (χ2v) is 5.48. The monoisotopic (exact) mass is 255 g/mol. The summed E-state index contributed by atoms with van der Waals surface area (Å²) in [5.74, 6) is 1.60. The third-order valence-electron chi connectivity index (χ3n) is 4.25. The normalized spacial score (nSPS) is 22.3. The van der Waals surface area contributed by atoms with Crippen molar-refractivity contribution < 1.29 is 4.74 Å². The number of methoxy groups -OCH3 is 1. The van der Waals surface area contributed by atoms with E-state index in [9.17, 15) is 0 Å². The molecule has 19 heavy (non-hydrogen) atoms. The van der Waals surface area contributed by atoms with Gasteiger partial charge in [-0.1, -0.05) is 12.1 Å². The zero-order valence-electron chi connectivity index (χ0n) is 11.6. The highest BCUT2D eigenvalue weighted by Gasteiger charge is 2.23. The van der Waals surface area contributed by atoms with Crippen LogP contribution in [0.2, 0.25) is 0 Å². The Morgan fingerprint density at radius 1 is 1.16 bits per heavy atom. The average molecular weight is 255 g/mol. The number of aliphatic imine (C=N–C) groups is 1. The van der Waals surface area contributed by atoms with Crippen molar-refractivity contribution in [2.75, 3.05) is 7.11 Å². The minimum atomic E-state index is 0.668. The van der Waals surface area contributed by atoms with Crippen LogP contribution < -0.4 is 4.74 Å². The van der Waals surface area contributed by atoms with Crippen molar-refractivity contribution in [3.63, 3.8) is 0 Å². The lowest BCUT2D eigenvalue weighted by molar-refractivity contribution is 0.414. The summed E-state index contributed by atoms with van der Waals surface area (Å²) >= 11 is 0. The van der Waals surface area contributed by atoms with E-state index < -0.39 is 0 Å². The predicted octanol–water partition coefficient (Wildman–Crippen LogP) is 4.16. The molecule has 0 N–H and O–H groups in total. The molecular formula is C17H21NO. The van der Waals surface area contributed by atoms with Crippen molar-refractivity contribution in [2.24, 2.45) is 10.9 Å². The zero-order valence-corrected chi connectivity index (χ0v) is 11.6. The lowest BCUT2D eigenvalue weighted by atomic mass is 9.81. The fourth-order valence-corrected chi connectivity index (χ4v) is 3.19. The molecule has 100 valence electrons. The van der Waals surface area contributed by atoms with Gasteiger partial charge in [-0.3, -0.25) is 4.99 Å². The van der Waals surface area contributed by atoms with Crippen molar-refractivity contribution in [3.8, 4) is 5.75 Å². The molecular weight excluding hydrogens is 234 g/mol. The van der Waals surface area contributed by atoms with E-state index in [2.05, 4.69) is 35.5 Å². The van der Waals surface area contributed by atoms with Crippen LogP contribution in [-0.4, -0.2) is 13.3 Å². The van der Waals surface area contributed by atoms with E-state index >= 15 is 0 Å². The van der Waals surface area contributed by atoms with Gasteiger partial charge in [-0.05, 0) is 67.7 Å². The average Bonchev–Trinajstić information content (AvgIpc) is 2.48. The molecule has 0 amide bonds. The molecule has 1 aliphatic carbocycles. The second kappa shape index (κ2) is 5.60. The molecule has 2 heteroatoms. The van der Waals surface area contributed by atoms with Crippen LogP contribution in [0.15, 0.2) is 40.5 Å². The molecule has 2 aliphatic rings. The van der Waals surface area contributed by atoms with Gasteiger partial charge in [0.1, 0.15) is 5.75 Å². The number of hydrogen-bond donors (Lipinski definition) is 0. The van der Waals surface area contributed by atoms with Gasteiger partial charge in [0.25, 0.3) is 0 Å². The minimum Gasteiger partial charge on any atom is -0.497 e. The van der Waals surface area contributed by atoms with Crippen molar-refractivity contribution in [3.05, 3.63) is 41.1 Å². The van der Waals surface area contributed by atoms with Gasteiger partial charge in [-0.15, -0.1) is 0 Å². The molecule has 1 unspecified atom stereocenters. The summed E-state index contributed by atoms with van der Waals surface area (Å²) in [6.45, 7) is 0. The van der Waals surface area contributed by atoms with E-state index in [1.54, 1.807) is 12.7 Å². The van der Waals surface area contributed by atoms with Gasteiger partial charge in [0.2, 0.25) is 0 Å². The number of ether oxygens (including phenoxy) is 1. The largest absolute Gasteiger partial charge is 0.497 e. The first-order valence-electron chi connectivity index (χ1n) is 7.24. The first kappa shape index (κ1) is 12.5. The first-order valence-corrected chi connectivity index (χ1v) is 7.24. The summed E-state index contributed by atoms with van der Waals surface area (Å²) in [7, 11) is 1.71. The molecule has 3 rings (SSSR count). The van der Waals surface area contributed by atoms with E-state index in [-0.39, 0.29) is 0 Å². The Bertz CT molecular complexity index is 498. The molecule has 1 heterocycles. The van der Waals surface area contributed by atoms with Crippen molar-refractivity contribution >= 4 is 6.21 Å². The first-order chi connectivity index (χ1) is 9.36. The highest BCUT2D eigenvalue weighted by atomic mass is 16.5. The fourth-order valence-electron chi connectivity index (χ4n) is 3.19. The highest BCUT2D eigenvalue weighted by Crippen LogP contribution is 2.36. The van der Waals surface area contributed by atoms with Crippen LogP contribution in [0.3, 0.4) is 0 Å². The molecule has 2 nitrogen and oxygen atoms in total. The number of benzene rings is 1. The van der Waals surface area contributed by atoms with E-state index in [1.807, 2.05) is 0 Å². The number of rotatable bonds is 3. The third kappa shape index (κ3) is 2.73. The van der Waals surface area contributed by atoms with Gasteiger partial charge in [-0.2, -0.15) is 0 Å². The molecule has 1 aromatic rings. The van der Waals surface area contributed by atoms with E-state index in [1.165, 1.54) is 36.9 Å². The molecule has 1 aromatic carbocycles. The lowest BCUT2D eigenvalue weighted by Crippen LogP contribution is -2.16. The Morgan fingerprint density at radius 2 is 1.95 bits per heavy atom. The summed E-state index contributed by atoms with van der Waals surface area (Å²) < 4.78 is 5.21. The molecule has 1 atom stereocenters. The van der Waals surface area contributed by atoms with Crippen LogP contribution in [0.1, 0.15) is 37.7 Å². The Balaban J connectivity index is 1.75.